The first-order valence-corrected chi connectivity index (χ1v) is 9.04. The van der Waals surface area contributed by atoms with E-state index in [-0.39, 0.29) is 17.2 Å². The molecule has 0 atom stereocenters. The summed E-state index contributed by atoms with van der Waals surface area (Å²) >= 11 is 0. The van der Waals surface area contributed by atoms with Crippen LogP contribution in [0.5, 0.6) is 11.5 Å². The minimum atomic E-state index is -0.485. The second kappa shape index (κ2) is 9.33. The van der Waals surface area contributed by atoms with Crippen LogP contribution < -0.4 is 9.47 Å². The third-order valence-electron chi connectivity index (χ3n) is 4.13. The number of hydrogen-bond acceptors (Lipinski definition) is 6. The summed E-state index contributed by atoms with van der Waals surface area (Å²) in [6.07, 6.45) is 3.23. The van der Waals surface area contributed by atoms with E-state index in [0.717, 1.165) is 19.5 Å². The van der Waals surface area contributed by atoms with Crippen LogP contribution in [0.15, 0.2) is 17.7 Å². The standard InChI is InChI=1S/C19H26N2O5/c1-4-8-20-9-7-17(22)15(13-20)10-14-11-16(21(23)24)19(26-6-3)18(12-14)25-5-2/h10-12H,4-9,13H2,1-3H3/b15-10+. The highest BCUT2D eigenvalue weighted by atomic mass is 16.6. The van der Waals surface area contributed by atoms with Crippen molar-refractivity contribution in [3.8, 4) is 11.5 Å². The number of likely N-dealkylation sites (tertiary alicyclic amines) is 1. The van der Waals surface area contributed by atoms with Crippen LogP contribution in [0, 0.1) is 10.1 Å². The quantitative estimate of drug-likeness (QED) is 0.400. The van der Waals surface area contributed by atoms with E-state index in [2.05, 4.69) is 11.8 Å². The molecule has 0 radical (unpaired) electrons. The first-order chi connectivity index (χ1) is 12.5. The molecule has 0 spiro atoms. The topological polar surface area (TPSA) is 81.9 Å². The summed E-state index contributed by atoms with van der Waals surface area (Å²) in [6.45, 7) is 8.59. The summed E-state index contributed by atoms with van der Waals surface area (Å²) in [5.74, 6) is 0.542. The molecule has 1 aromatic carbocycles. The van der Waals surface area contributed by atoms with Gasteiger partial charge in [0.25, 0.3) is 0 Å². The Labute approximate surface area is 153 Å². The minimum absolute atomic E-state index is 0.0897. The number of carbonyl (C=O) groups is 1. The van der Waals surface area contributed by atoms with Crippen molar-refractivity contribution in [1.29, 1.82) is 0 Å². The third kappa shape index (κ3) is 4.82. The molecule has 0 saturated carbocycles. The Hall–Kier alpha value is -2.41. The monoisotopic (exact) mass is 362 g/mol. The van der Waals surface area contributed by atoms with Gasteiger partial charge in [0.05, 0.1) is 18.1 Å². The molecule has 1 heterocycles. The Balaban J connectivity index is 2.44. The molecule has 0 unspecified atom stereocenters. The molecule has 26 heavy (non-hydrogen) atoms. The number of nitrogens with zero attached hydrogens (tertiary/aromatic N) is 2. The molecule has 7 heteroatoms. The van der Waals surface area contributed by atoms with E-state index in [0.29, 0.717) is 43.1 Å². The number of benzene rings is 1. The average Bonchev–Trinajstić information content (AvgIpc) is 2.60. The van der Waals surface area contributed by atoms with Crippen LogP contribution in [0.4, 0.5) is 5.69 Å². The highest BCUT2D eigenvalue weighted by Crippen LogP contribution is 2.39. The molecule has 0 N–H and O–H groups in total. The van der Waals surface area contributed by atoms with Crippen molar-refractivity contribution in [2.75, 3.05) is 32.8 Å². The maximum atomic E-state index is 12.3. The highest BCUT2D eigenvalue weighted by molar-refractivity contribution is 6.00. The van der Waals surface area contributed by atoms with E-state index in [1.54, 1.807) is 26.0 Å². The Morgan fingerprint density at radius 2 is 1.96 bits per heavy atom. The number of piperidine rings is 1. The third-order valence-corrected chi connectivity index (χ3v) is 4.13. The van der Waals surface area contributed by atoms with Gasteiger partial charge >= 0.3 is 5.69 Å². The van der Waals surface area contributed by atoms with Crippen molar-refractivity contribution in [1.82, 2.24) is 4.90 Å². The van der Waals surface area contributed by atoms with E-state index in [9.17, 15) is 14.9 Å². The zero-order chi connectivity index (χ0) is 19.1. The molecule has 142 valence electrons. The second-order valence-corrected chi connectivity index (χ2v) is 6.11. The van der Waals surface area contributed by atoms with Gasteiger partial charge in [0, 0.05) is 31.1 Å². The predicted octanol–water partition coefficient (Wildman–Crippen LogP) is 3.46. The molecule has 1 fully saturated rings. The summed E-state index contributed by atoms with van der Waals surface area (Å²) in [5, 5.41) is 11.5. The molecular weight excluding hydrogens is 336 g/mol. The first-order valence-electron chi connectivity index (χ1n) is 9.04. The fourth-order valence-corrected chi connectivity index (χ4v) is 3.04. The second-order valence-electron chi connectivity index (χ2n) is 6.11. The first kappa shape index (κ1) is 19.9. The van der Waals surface area contributed by atoms with E-state index in [4.69, 9.17) is 9.47 Å². The lowest BCUT2D eigenvalue weighted by Crippen LogP contribution is -2.36. The normalized spacial score (nSPS) is 16.7. The average molecular weight is 362 g/mol. The zero-order valence-corrected chi connectivity index (χ0v) is 15.6. The lowest BCUT2D eigenvalue weighted by molar-refractivity contribution is -0.386. The molecule has 7 nitrogen and oxygen atoms in total. The molecule has 1 saturated heterocycles. The molecule has 0 amide bonds. The SMILES string of the molecule is CCCN1CCC(=O)/C(=C/c2cc(OCC)c(OCC)c([N+](=O)[O-])c2)C1. The summed E-state index contributed by atoms with van der Waals surface area (Å²) in [5.41, 5.74) is 1.09. The van der Waals surface area contributed by atoms with E-state index in [1.807, 2.05) is 0 Å². The van der Waals surface area contributed by atoms with Gasteiger partial charge in [0.2, 0.25) is 5.75 Å². The van der Waals surface area contributed by atoms with Crippen molar-refractivity contribution in [3.05, 3.63) is 33.4 Å². The molecule has 1 aliphatic rings. The van der Waals surface area contributed by atoms with Crippen LogP contribution in [-0.4, -0.2) is 48.5 Å². The number of rotatable bonds is 8. The Morgan fingerprint density at radius 1 is 1.23 bits per heavy atom. The number of carbonyl (C=O) groups excluding carboxylic acids is 1. The van der Waals surface area contributed by atoms with Gasteiger partial charge < -0.3 is 9.47 Å². The summed E-state index contributed by atoms with van der Waals surface area (Å²) < 4.78 is 11.0. The number of Topliss-reactive ketones (excluding diaryl/α,β-unsaturated/α-hetero) is 1. The van der Waals surface area contributed by atoms with Gasteiger partial charge in [0.1, 0.15) is 0 Å². The van der Waals surface area contributed by atoms with Crippen molar-refractivity contribution in [3.63, 3.8) is 0 Å². The van der Waals surface area contributed by atoms with Crippen molar-refractivity contribution >= 4 is 17.5 Å². The van der Waals surface area contributed by atoms with E-state index in [1.165, 1.54) is 6.07 Å². The summed E-state index contributed by atoms with van der Waals surface area (Å²) in [7, 11) is 0. The van der Waals surface area contributed by atoms with Gasteiger partial charge in [-0.25, -0.2) is 0 Å². The Bertz CT molecular complexity index is 699. The molecule has 1 aliphatic heterocycles. The van der Waals surface area contributed by atoms with Crippen LogP contribution >= 0.6 is 0 Å². The van der Waals surface area contributed by atoms with Gasteiger partial charge in [-0.3, -0.25) is 19.8 Å². The summed E-state index contributed by atoms with van der Waals surface area (Å²) in [4.78, 5) is 25.5. The van der Waals surface area contributed by atoms with Gasteiger partial charge in [-0.1, -0.05) is 6.92 Å². The smallest absolute Gasteiger partial charge is 0.315 e. The lowest BCUT2D eigenvalue weighted by Gasteiger charge is -2.27. The predicted molar refractivity (Wildman–Crippen MR) is 99.8 cm³/mol. The molecule has 2 rings (SSSR count). The number of nitro benzene ring substituents is 1. The molecule has 0 aromatic heterocycles. The molecule has 1 aromatic rings. The fraction of sp³-hybridized carbons (Fsp3) is 0.526. The van der Waals surface area contributed by atoms with Gasteiger partial charge in [-0.2, -0.15) is 0 Å². The van der Waals surface area contributed by atoms with Gasteiger partial charge in [-0.05, 0) is 44.5 Å². The number of ketones is 1. The number of nitro groups is 1. The Kier molecular flexibility index (Phi) is 7.15. The van der Waals surface area contributed by atoms with Gasteiger partial charge in [-0.15, -0.1) is 0 Å². The van der Waals surface area contributed by atoms with Crippen molar-refractivity contribution < 1.29 is 19.2 Å². The lowest BCUT2D eigenvalue weighted by atomic mass is 9.99. The van der Waals surface area contributed by atoms with Gasteiger partial charge in [0.15, 0.2) is 11.5 Å². The highest BCUT2D eigenvalue weighted by Gasteiger charge is 2.24. The van der Waals surface area contributed by atoms with E-state index < -0.39 is 4.92 Å². The van der Waals surface area contributed by atoms with Crippen molar-refractivity contribution in [2.24, 2.45) is 0 Å². The maximum absolute atomic E-state index is 12.3. The van der Waals surface area contributed by atoms with Crippen LogP contribution in [0.1, 0.15) is 39.2 Å². The van der Waals surface area contributed by atoms with Crippen LogP contribution in [0.25, 0.3) is 6.08 Å². The minimum Gasteiger partial charge on any atom is -0.490 e. The van der Waals surface area contributed by atoms with Crippen molar-refractivity contribution in [2.45, 2.75) is 33.6 Å². The molecule has 0 aliphatic carbocycles. The van der Waals surface area contributed by atoms with Crippen LogP contribution in [0.2, 0.25) is 0 Å². The largest absolute Gasteiger partial charge is 0.490 e. The fourth-order valence-electron chi connectivity index (χ4n) is 3.04. The zero-order valence-electron chi connectivity index (χ0n) is 15.6. The molecule has 0 bridgehead atoms. The van der Waals surface area contributed by atoms with Crippen LogP contribution in [-0.2, 0) is 4.79 Å². The molecular formula is C19H26N2O5. The van der Waals surface area contributed by atoms with Crippen LogP contribution in [0.3, 0.4) is 0 Å². The number of ether oxygens (including phenoxy) is 2. The maximum Gasteiger partial charge on any atom is 0.315 e. The van der Waals surface area contributed by atoms with E-state index >= 15 is 0 Å². The Morgan fingerprint density at radius 3 is 2.58 bits per heavy atom. The summed E-state index contributed by atoms with van der Waals surface area (Å²) in [6, 6.07) is 3.13. The number of hydrogen-bond donors (Lipinski definition) is 0.